The van der Waals surface area contributed by atoms with Crippen molar-refractivity contribution in [2.75, 3.05) is 7.11 Å². The number of aliphatic carboxylic acids is 1. The lowest BCUT2D eigenvalue weighted by molar-refractivity contribution is -0.140. The molecule has 0 fully saturated rings. The van der Waals surface area contributed by atoms with E-state index >= 15 is 0 Å². The molecule has 0 saturated carbocycles. The van der Waals surface area contributed by atoms with Crippen molar-refractivity contribution < 1.29 is 24.2 Å². The van der Waals surface area contributed by atoms with Crippen molar-refractivity contribution in [2.45, 2.75) is 32.1 Å². The fourth-order valence-corrected chi connectivity index (χ4v) is 1.56. The summed E-state index contributed by atoms with van der Waals surface area (Å²) >= 11 is 0. The number of nitrogens with one attached hydrogen (secondary N) is 1. The monoisotopic (exact) mass is 281 g/mol. The molecule has 0 aromatic heterocycles. The molecule has 0 aliphatic heterocycles. The molecule has 1 amide bonds. The van der Waals surface area contributed by atoms with Gasteiger partial charge in [0.05, 0.1) is 6.10 Å². The van der Waals surface area contributed by atoms with Crippen LogP contribution in [0.4, 0.5) is 4.79 Å². The lowest BCUT2D eigenvalue weighted by atomic mass is 10.1. The Morgan fingerprint density at radius 2 is 1.95 bits per heavy atom. The Hall–Kier alpha value is -2.08. The highest BCUT2D eigenvalue weighted by molar-refractivity contribution is 5.79. The molecule has 2 atom stereocenters. The summed E-state index contributed by atoms with van der Waals surface area (Å²) < 4.78 is 9.96. The first kappa shape index (κ1) is 16.0. The summed E-state index contributed by atoms with van der Waals surface area (Å²) in [5.41, 5.74) is 0.833. The third kappa shape index (κ3) is 5.71. The van der Waals surface area contributed by atoms with E-state index in [4.69, 9.17) is 14.6 Å². The molecule has 0 bridgehead atoms. The number of carbonyl (C=O) groups is 2. The number of hydrogen-bond donors (Lipinski definition) is 2. The van der Waals surface area contributed by atoms with Crippen LogP contribution in [0.5, 0.6) is 0 Å². The molecule has 0 spiro atoms. The first-order valence-electron chi connectivity index (χ1n) is 6.25. The second kappa shape index (κ2) is 8.16. The molecule has 2 N–H and O–H groups in total. The number of benzene rings is 1. The quantitative estimate of drug-likeness (QED) is 0.796. The molecule has 0 heterocycles. The molecule has 6 nitrogen and oxygen atoms in total. The van der Waals surface area contributed by atoms with Crippen LogP contribution < -0.4 is 5.32 Å². The third-order valence-corrected chi connectivity index (χ3v) is 2.77. The number of ether oxygens (including phenoxy) is 2. The van der Waals surface area contributed by atoms with Gasteiger partial charge in [-0.05, 0) is 12.5 Å². The Bertz CT molecular complexity index is 434. The van der Waals surface area contributed by atoms with Crippen molar-refractivity contribution in [1.29, 1.82) is 0 Å². The first-order valence-corrected chi connectivity index (χ1v) is 6.25. The van der Waals surface area contributed by atoms with Gasteiger partial charge in [0.25, 0.3) is 0 Å². The largest absolute Gasteiger partial charge is 0.480 e. The minimum atomic E-state index is -1.12. The molecular weight excluding hydrogens is 262 g/mol. The number of hydrogen-bond acceptors (Lipinski definition) is 4. The number of methoxy groups -OCH3 is 1. The van der Waals surface area contributed by atoms with Crippen LogP contribution in [0.15, 0.2) is 30.3 Å². The van der Waals surface area contributed by atoms with Gasteiger partial charge in [-0.3, -0.25) is 0 Å². The predicted molar refractivity (Wildman–Crippen MR) is 72.3 cm³/mol. The van der Waals surface area contributed by atoms with Gasteiger partial charge >= 0.3 is 12.1 Å². The topological polar surface area (TPSA) is 84.9 Å². The normalized spacial score (nSPS) is 13.3. The molecule has 1 aromatic carbocycles. The smallest absolute Gasteiger partial charge is 0.408 e. The number of alkyl carbamates (subject to hydrolysis) is 1. The lowest BCUT2D eigenvalue weighted by Crippen LogP contribution is -2.43. The number of amides is 1. The Morgan fingerprint density at radius 3 is 2.50 bits per heavy atom. The van der Waals surface area contributed by atoms with Crippen LogP contribution in [0.3, 0.4) is 0 Å². The summed E-state index contributed by atoms with van der Waals surface area (Å²) in [6.45, 7) is 1.83. The van der Waals surface area contributed by atoms with E-state index in [-0.39, 0.29) is 19.1 Å². The molecule has 1 rings (SSSR count). The van der Waals surface area contributed by atoms with Crippen LogP contribution in [0.2, 0.25) is 0 Å². The van der Waals surface area contributed by atoms with Crippen LogP contribution in [0, 0.1) is 0 Å². The minimum absolute atomic E-state index is 0.0961. The predicted octanol–water partition coefficient (Wildman–Crippen LogP) is 1.79. The van der Waals surface area contributed by atoms with Crippen LogP contribution in [0.1, 0.15) is 18.9 Å². The van der Waals surface area contributed by atoms with Crippen LogP contribution in [0.25, 0.3) is 0 Å². The van der Waals surface area contributed by atoms with E-state index in [1.165, 1.54) is 7.11 Å². The maximum Gasteiger partial charge on any atom is 0.408 e. The standard InChI is InChI=1S/C14H19NO5/c1-10(19-2)8-12(13(16)17)15-14(18)20-9-11-6-4-3-5-7-11/h3-7,10,12H,8-9H2,1-2H3,(H,15,18)(H,16,17). The van der Waals surface area contributed by atoms with Crippen LogP contribution in [-0.4, -0.2) is 36.4 Å². The van der Waals surface area contributed by atoms with Gasteiger partial charge in [-0.2, -0.15) is 0 Å². The van der Waals surface area contributed by atoms with E-state index in [0.717, 1.165) is 5.56 Å². The van der Waals surface area contributed by atoms with E-state index in [2.05, 4.69) is 5.32 Å². The maximum absolute atomic E-state index is 11.6. The van der Waals surface area contributed by atoms with Crippen LogP contribution in [-0.2, 0) is 20.9 Å². The van der Waals surface area contributed by atoms with Gasteiger partial charge in [-0.25, -0.2) is 9.59 Å². The molecule has 2 unspecified atom stereocenters. The van der Waals surface area contributed by atoms with E-state index in [0.29, 0.717) is 0 Å². The molecule has 0 saturated heterocycles. The van der Waals surface area contributed by atoms with Crippen molar-refractivity contribution in [3.63, 3.8) is 0 Å². The fraction of sp³-hybridized carbons (Fsp3) is 0.429. The Morgan fingerprint density at radius 1 is 1.30 bits per heavy atom. The lowest BCUT2D eigenvalue weighted by Gasteiger charge is -2.17. The molecule has 20 heavy (non-hydrogen) atoms. The summed E-state index contributed by atoms with van der Waals surface area (Å²) in [5.74, 6) is -1.12. The summed E-state index contributed by atoms with van der Waals surface area (Å²) in [7, 11) is 1.48. The Balaban J connectivity index is 2.44. The van der Waals surface area contributed by atoms with Gasteiger partial charge in [0.2, 0.25) is 0 Å². The number of carboxylic acids is 1. The van der Waals surface area contributed by atoms with Crippen molar-refractivity contribution in [3.8, 4) is 0 Å². The number of carbonyl (C=O) groups excluding carboxylic acids is 1. The summed E-state index contributed by atoms with van der Waals surface area (Å²) in [6, 6.07) is 8.11. The summed E-state index contributed by atoms with van der Waals surface area (Å²) in [5, 5.41) is 11.3. The van der Waals surface area contributed by atoms with Gasteiger partial charge in [-0.15, -0.1) is 0 Å². The fourth-order valence-electron chi connectivity index (χ4n) is 1.56. The highest BCUT2D eigenvalue weighted by atomic mass is 16.5. The van der Waals surface area contributed by atoms with Crippen molar-refractivity contribution in [1.82, 2.24) is 5.32 Å². The van der Waals surface area contributed by atoms with Gasteiger partial charge in [-0.1, -0.05) is 30.3 Å². The minimum Gasteiger partial charge on any atom is -0.480 e. The van der Waals surface area contributed by atoms with E-state index < -0.39 is 18.1 Å². The van der Waals surface area contributed by atoms with Gasteiger partial charge in [0, 0.05) is 13.5 Å². The second-order valence-electron chi connectivity index (χ2n) is 4.38. The zero-order valence-corrected chi connectivity index (χ0v) is 11.5. The SMILES string of the molecule is COC(C)CC(NC(=O)OCc1ccccc1)C(=O)O. The van der Waals surface area contributed by atoms with Crippen molar-refractivity contribution in [2.24, 2.45) is 0 Å². The van der Waals surface area contributed by atoms with Gasteiger partial charge in [0.15, 0.2) is 0 Å². The van der Waals surface area contributed by atoms with Gasteiger partial charge in [0.1, 0.15) is 12.6 Å². The molecule has 0 aliphatic rings. The average molecular weight is 281 g/mol. The summed E-state index contributed by atoms with van der Waals surface area (Å²) in [4.78, 5) is 22.6. The zero-order valence-electron chi connectivity index (χ0n) is 11.5. The second-order valence-corrected chi connectivity index (χ2v) is 4.38. The van der Waals surface area contributed by atoms with Crippen molar-refractivity contribution >= 4 is 12.1 Å². The van der Waals surface area contributed by atoms with E-state index in [1.807, 2.05) is 30.3 Å². The zero-order chi connectivity index (χ0) is 15.0. The Labute approximate surface area is 117 Å². The number of rotatable bonds is 7. The van der Waals surface area contributed by atoms with Gasteiger partial charge < -0.3 is 19.9 Å². The van der Waals surface area contributed by atoms with E-state index in [1.54, 1.807) is 6.92 Å². The van der Waals surface area contributed by atoms with Crippen LogP contribution >= 0.6 is 0 Å². The third-order valence-electron chi connectivity index (χ3n) is 2.77. The Kier molecular flexibility index (Phi) is 6.52. The highest BCUT2D eigenvalue weighted by Gasteiger charge is 2.23. The molecule has 6 heteroatoms. The number of carboxylic acid groups (broad SMARTS) is 1. The molecule has 1 aromatic rings. The maximum atomic E-state index is 11.6. The van der Waals surface area contributed by atoms with Crippen molar-refractivity contribution in [3.05, 3.63) is 35.9 Å². The first-order chi connectivity index (χ1) is 9.52. The molecule has 0 aliphatic carbocycles. The average Bonchev–Trinajstić information content (AvgIpc) is 2.45. The highest BCUT2D eigenvalue weighted by Crippen LogP contribution is 2.04. The molecule has 0 radical (unpaired) electrons. The molecular formula is C14H19NO5. The van der Waals surface area contributed by atoms with E-state index in [9.17, 15) is 9.59 Å². The molecule has 110 valence electrons. The summed E-state index contributed by atoms with van der Waals surface area (Å²) in [6.07, 6.45) is -0.859.